The number of amides is 17. The number of nitrogens with one attached hydrogen (secondary N) is 13. The lowest BCUT2D eigenvalue weighted by Crippen LogP contribution is -2.61. The molecule has 0 spiro atoms. The van der Waals surface area contributed by atoms with E-state index in [4.69, 9.17) is 11.5 Å². The first-order valence-corrected chi connectivity index (χ1v) is 44.2. The molecule has 39 nitrogen and oxygen atoms in total. The molecule has 1 aliphatic heterocycles. The molecule has 12 atom stereocenters. The summed E-state index contributed by atoms with van der Waals surface area (Å²) < 4.78 is 0. The molecule has 128 heavy (non-hydrogen) atoms. The van der Waals surface area contributed by atoms with Gasteiger partial charge in [0.25, 0.3) is 0 Å². The van der Waals surface area contributed by atoms with Crippen molar-refractivity contribution in [1.82, 2.24) is 97.6 Å². The quantitative estimate of drug-likeness (QED) is 0.0344. The summed E-state index contributed by atoms with van der Waals surface area (Å²) in [4.78, 5) is 265. The Morgan fingerprint density at radius 3 is 1.60 bits per heavy atom. The minimum atomic E-state index is -1.83. The fourth-order valence-corrected chi connectivity index (χ4v) is 15.8. The summed E-state index contributed by atoms with van der Waals surface area (Å²) in [5.41, 5.74) is 14.4. The second-order valence-corrected chi connectivity index (χ2v) is 34.0. The number of aliphatic hydroxyl groups is 1. The first-order valence-electron chi connectivity index (χ1n) is 43.1. The van der Waals surface area contributed by atoms with Gasteiger partial charge in [-0.2, -0.15) is 0 Å². The molecule has 0 aliphatic carbocycles. The Hall–Kier alpha value is -12.8. The number of hydrogen-bond donors (Lipinski definition) is 16. The number of fused-ring (bicyclic) bond motifs is 2. The second-order valence-electron chi connectivity index (χ2n) is 33.0. The summed E-state index contributed by atoms with van der Waals surface area (Å²) in [6.07, 6.45) is 6.37. The number of benzene rings is 3. The van der Waals surface area contributed by atoms with Crippen molar-refractivity contribution in [3.63, 3.8) is 0 Å². The van der Waals surface area contributed by atoms with Crippen molar-refractivity contribution in [3.05, 3.63) is 126 Å². The zero-order valence-corrected chi connectivity index (χ0v) is 75.5. The molecule has 7 rings (SSSR count). The van der Waals surface area contributed by atoms with Crippen LogP contribution in [0.15, 0.2) is 104 Å². The average molecular weight is 1800 g/mol. The number of carbonyl (C=O) groups is 17. The topological polar surface area (TPSA) is 559 Å². The van der Waals surface area contributed by atoms with E-state index in [-0.39, 0.29) is 69.6 Å². The Bertz CT molecular complexity index is 4850. The lowest BCUT2D eigenvalue weighted by molar-refractivity contribution is -0.149. The van der Waals surface area contributed by atoms with Crippen LogP contribution in [0.4, 0.5) is 0 Å². The van der Waals surface area contributed by atoms with E-state index < -0.39 is 217 Å². The molecule has 6 aromatic rings. The van der Waals surface area contributed by atoms with E-state index in [0.29, 0.717) is 69.9 Å². The number of H-pyrrole nitrogens is 3. The number of unbranched alkanes of at least 4 members (excludes halogenated alkanes) is 2. The molecular weight excluding hydrogens is 1670 g/mol. The first kappa shape index (κ1) is 102. The Morgan fingerprint density at radius 2 is 1.04 bits per heavy atom. The number of hydrogen-bond acceptors (Lipinski definition) is 20. The van der Waals surface area contributed by atoms with Crippen LogP contribution in [0.2, 0.25) is 0 Å². The average Bonchev–Trinajstić information content (AvgIpc) is 1.79. The van der Waals surface area contributed by atoms with E-state index >= 15 is 24.0 Å². The molecule has 40 heteroatoms. The SMILES string of the molecule is CCCC[C@H]1C(=O)N(C)[C@@H](CCCC)C(=O)N[C@@H](C(C)C)C(=O)N[C@H](C(=O)NCC(N)=O)CSCC(=O)N[C@@H](Cc2ccccc2)C(=O)N(C)[C@@H](C)C(=O)N[C@@H](CC(N)=O)C(=O)N(CCC)CC(=O)N[C@@H](Cc2cnc[nH]2)C(=O)N[C@@H](CC(C)C)C(=O)N(C)CC(=O)N[C@@H](Cc2c[nH]c3ccccc23)C(=O)N[C@@H](CO)C(=O)N[C@@H](Cc2c[nH]c3ccccc23)C(=O)N1C. The van der Waals surface area contributed by atoms with Crippen molar-refractivity contribution in [2.75, 3.05) is 72.5 Å². The molecular formula is C88H125N21O18S. The predicted molar refractivity (Wildman–Crippen MR) is 477 cm³/mol. The van der Waals surface area contributed by atoms with Gasteiger partial charge in [0.15, 0.2) is 0 Å². The molecule has 18 N–H and O–H groups in total. The van der Waals surface area contributed by atoms with Crippen molar-refractivity contribution in [2.24, 2.45) is 23.3 Å². The third kappa shape index (κ3) is 30.0. The predicted octanol–water partition coefficient (Wildman–Crippen LogP) is -0.498. The standard InChI is InChI=1S/C88H125N21O18S/c1-13-16-31-69-82(121)104-76(51(6)7)83(122)103-68(78(117)94-43-72(90)112)47-128-48-75(115)98-64(35-53-25-19-18-20-26-53)85(124)106(10)52(8)77(116)99-66(39-71(89)111)87(126)109(33-15-3)45-74(114)97-62(38-56-42-91-49-95-56)80(119)100-63(34-50(4)5)84(123)105(9)44-73(113)96-61(36-54-40-92-59-29-23-21-27-57(54)59)79(118)102-67(46-110)81(120)101-65(37-55-41-93-60-30-24-22-28-58(55)60)86(125)108(12)70(32-17-14-2)88(127)107(69)11/h18-30,40-42,49-52,61-70,76,92-93,110H,13-17,31-39,43-48H2,1-12H3,(H2,89,111)(H2,90,112)(H,91,95)(H,94,117)(H,96,113)(H,97,114)(H,98,115)(H,99,116)(H,100,119)(H,101,120)(H,102,118)(H,103,122)(H,104,121)/t52-,61-,62-,63-,64-,65-,66-,67-,68-,69-,70-,76-/m0/s1. The molecule has 696 valence electrons. The number of primary amides is 2. The number of thioether (sulfide) groups is 1. The monoisotopic (exact) mass is 1800 g/mol. The number of nitrogens with zero attached hydrogens (tertiary/aromatic N) is 6. The van der Waals surface area contributed by atoms with Crippen LogP contribution in [-0.4, -0.2) is 295 Å². The Labute approximate surface area is 747 Å². The minimum Gasteiger partial charge on any atom is -0.394 e. The summed E-state index contributed by atoms with van der Waals surface area (Å²) in [6.45, 7) is 10.1. The van der Waals surface area contributed by atoms with Crippen LogP contribution in [0.1, 0.15) is 136 Å². The van der Waals surface area contributed by atoms with Gasteiger partial charge in [0.1, 0.15) is 72.5 Å². The van der Waals surface area contributed by atoms with Crippen molar-refractivity contribution in [1.29, 1.82) is 0 Å². The summed E-state index contributed by atoms with van der Waals surface area (Å²) in [5, 5.41) is 38.9. The van der Waals surface area contributed by atoms with Gasteiger partial charge in [-0.3, -0.25) is 81.5 Å². The maximum absolute atomic E-state index is 15.6. The number of aromatic nitrogens is 4. The highest BCUT2D eigenvalue weighted by Gasteiger charge is 2.42. The van der Waals surface area contributed by atoms with E-state index in [1.807, 2.05) is 13.8 Å². The molecule has 3 aromatic heterocycles. The Kier molecular flexibility index (Phi) is 39.9. The molecule has 3 aromatic carbocycles. The molecule has 0 unspecified atom stereocenters. The molecule has 1 saturated heterocycles. The number of rotatable bonds is 25. The molecule has 1 aliphatic rings. The van der Waals surface area contributed by atoms with Gasteiger partial charge >= 0.3 is 0 Å². The number of carbonyl (C=O) groups excluding carboxylic acids is 17. The van der Waals surface area contributed by atoms with Crippen LogP contribution in [0, 0.1) is 11.8 Å². The minimum absolute atomic E-state index is 0.0238. The lowest BCUT2D eigenvalue weighted by Gasteiger charge is -2.36. The van der Waals surface area contributed by atoms with Crippen LogP contribution in [-0.2, 0) is 107 Å². The Balaban J connectivity index is 1.29. The first-order chi connectivity index (χ1) is 60.9. The van der Waals surface area contributed by atoms with Gasteiger partial charge in [-0.1, -0.05) is 141 Å². The highest BCUT2D eigenvalue weighted by atomic mass is 32.2. The van der Waals surface area contributed by atoms with E-state index in [0.717, 1.165) is 26.5 Å². The molecule has 0 saturated carbocycles. The van der Waals surface area contributed by atoms with Gasteiger partial charge in [-0.05, 0) is 73.3 Å². The number of para-hydroxylation sites is 2. The van der Waals surface area contributed by atoms with Gasteiger partial charge in [-0.25, -0.2) is 4.98 Å². The van der Waals surface area contributed by atoms with Crippen molar-refractivity contribution < 1.29 is 86.6 Å². The van der Waals surface area contributed by atoms with Crippen LogP contribution in [0.5, 0.6) is 0 Å². The van der Waals surface area contributed by atoms with Crippen molar-refractivity contribution in [2.45, 2.75) is 211 Å². The molecule has 0 bridgehead atoms. The number of imidazole rings is 1. The molecule has 1 fully saturated rings. The summed E-state index contributed by atoms with van der Waals surface area (Å²) in [5.74, 6) is -17.1. The third-order valence-electron chi connectivity index (χ3n) is 22.1. The van der Waals surface area contributed by atoms with Gasteiger partial charge in [-0.15, -0.1) is 11.8 Å². The summed E-state index contributed by atoms with van der Waals surface area (Å²) >= 11 is 0.823. The maximum atomic E-state index is 15.6. The molecule has 4 heterocycles. The van der Waals surface area contributed by atoms with Gasteiger partial charge in [0, 0.05) is 112 Å². The number of aliphatic hydroxyl groups excluding tert-OH is 1. The summed E-state index contributed by atoms with van der Waals surface area (Å²) in [6, 6.07) is 4.67. The second kappa shape index (κ2) is 50.0. The number of aromatic amines is 3. The third-order valence-corrected chi connectivity index (χ3v) is 23.1. The van der Waals surface area contributed by atoms with Gasteiger partial charge in [0.2, 0.25) is 100 Å². The molecule has 0 radical (unpaired) electrons. The van der Waals surface area contributed by atoms with Gasteiger partial charge < -0.3 is 109 Å². The highest BCUT2D eigenvalue weighted by Crippen LogP contribution is 2.25. The van der Waals surface area contributed by atoms with Crippen LogP contribution >= 0.6 is 11.8 Å². The number of likely N-dealkylation sites (N-methyl/N-ethyl adjacent to an activating group) is 4. The fourth-order valence-electron chi connectivity index (χ4n) is 14.9. The van der Waals surface area contributed by atoms with Crippen LogP contribution in [0.25, 0.3) is 21.8 Å². The Morgan fingerprint density at radius 1 is 0.516 bits per heavy atom. The van der Waals surface area contributed by atoms with E-state index in [1.54, 1.807) is 126 Å². The van der Waals surface area contributed by atoms with Crippen molar-refractivity contribution in [3.8, 4) is 0 Å². The normalized spacial score (nSPS) is 23.0. The van der Waals surface area contributed by atoms with Crippen LogP contribution < -0.4 is 64.6 Å². The fraction of sp³-hybridized carbons (Fsp3) is 0.523. The largest absolute Gasteiger partial charge is 0.394 e. The highest BCUT2D eigenvalue weighted by molar-refractivity contribution is 8.00. The lowest BCUT2D eigenvalue weighted by atomic mass is 9.99. The van der Waals surface area contributed by atoms with Crippen molar-refractivity contribution >= 4 is 134 Å². The maximum Gasteiger partial charge on any atom is 0.246 e. The van der Waals surface area contributed by atoms with Gasteiger partial charge in [0.05, 0.1) is 44.7 Å². The summed E-state index contributed by atoms with van der Waals surface area (Å²) in [7, 11) is 5.30. The smallest absolute Gasteiger partial charge is 0.246 e. The number of nitrogens with two attached hydrogens (primary N) is 2. The molecule has 17 amide bonds. The van der Waals surface area contributed by atoms with E-state index in [1.165, 1.54) is 57.4 Å². The van der Waals surface area contributed by atoms with Crippen LogP contribution in [0.3, 0.4) is 0 Å². The van der Waals surface area contributed by atoms with E-state index in [2.05, 4.69) is 73.1 Å². The zero-order valence-electron chi connectivity index (χ0n) is 74.7. The van der Waals surface area contributed by atoms with E-state index in [9.17, 15) is 62.6 Å². The zero-order chi connectivity index (χ0) is 94.2.